The molecule has 1 heterocycles. The minimum atomic E-state index is 0.0585. The number of nitrogens with zero attached hydrogens (tertiary/aromatic N) is 1. The average molecular weight is 268 g/mol. The highest BCUT2D eigenvalue weighted by molar-refractivity contribution is 6.24. The molecule has 0 aromatic heterocycles. The summed E-state index contributed by atoms with van der Waals surface area (Å²) >= 11 is 0. The first-order valence-electron chi connectivity index (χ1n) is 7.07. The van der Waals surface area contributed by atoms with E-state index in [9.17, 15) is 4.79 Å². The third kappa shape index (κ3) is 1.98. The minimum Gasteiger partial charge on any atom is -0.330 e. The molecule has 1 aliphatic rings. The molecule has 0 spiro atoms. The van der Waals surface area contributed by atoms with Crippen molar-refractivity contribution >= 4 is 22.4 Å². The molecule has 0 fully saturated rings. The number of carbonyl (C=O) groups excluding carboxylic acids is 1. The van der Waals surface area contributed by atoms with E-state index in [4.69, 9.17) is 5.73 Å². The van der Waals surface area contributed by atoms with E-state index in [0.29, 0.717) is 6.54 Å². The van der Waals surface area contributed by atoms with E-state index in [-0.39, 0.29) is 11.3 Å². The second-order valence-corrected chi connectivity index (χ2v) is 6.26. The second kappa shape index (κ2) is 4.60. The van der Waals surface area contributed by atoms with Crippen molar-refractivity contribution in [3.8, 4) is 0 Å². The quantitative estimate of drug-likeness (QED) is 0.925. The Morgan fingerprint density at radius 2 is 1.85 bits per heavy atom. The molecule has 0 radical (unpaired) electrons. The van der Waals surface area contributed by atoms with Gasteiger partial charge in [0.25, 0.3) is 5.91 Å². The van der Waals surface area contributed by atoms with Crippen molar-refractivity contribution in [3.63, 3.8) is 0 Å². The topological polar surface area (TPSA) is 46.3 Å². The van der Waals surface area contributed by atoms with Gasteiger partial charge in [-0.15, -0.1) is 0 Å². The van der Waals surface area contributed by atoms with Gasteiger partial charge < -0.3 is 10.6 Å². The molecule has 2 aromatic rings. The summed E-state index contributed by atoms with van der Waals surface area (Å²) in [6, 6.07) is 12.0. The normalized spacial score (nSPS) is 14.3. The van der Waals surface area contributed by atoms with Gasteiger partial charge in [0, 0.05) is 17.5 Å². The van der Waals surface area contributed by atoms with E-state index in [0.717, 1.165) is 35.0 Å². The monoisotopic (exact) mass is 268 g/mol. The van der Waals surface area contributed by atoms with Crippen molar-refractivity contribution in [3.05, 3.63) is 42.0 Å². The largest absolute Gasteiger partial charge is 0.330 e. The summed E-state index contributed by atoms with van der Waals surface area (Å²) in [6.45, 7) is 5.63. The van der Waals surface area contributed by atoms with Crippen molar-refractivity contribution in [1.82, 2.24) is 0 Å². The number of nitrogens with two attached hydrogens (primary N) is 1. The molecule has 1 amide bonds. The Labute approximate surface area is 119 Å². The van der Waals surface area contributed by atoms with E-state index in [2.05, 4.69) is 26.0 Å². The third-order valence-electron chi connectivity index (χ3n) is 4.21. The maximum Gasteiger partial charge on any atom is 0.258 e. The zero-order valence-electron chi connectivity index (χ0n) is 12.0. The number of hydrogen-bond donors (Lipinski definition) is 1. The van der Waals surface area contributed by atoms with Crippen molar-refractivity contribution in [1.29, 1.82) is 0 Å². The predicted molar refractivity (Wildman–Crippen MR) is 83.1 cm³/mol. The number of carbonyl (C=O) groups is 1. The zero-order valence-corrected chi connectivity index (χ0v) is 12.0. The highest BCUT2D eigenvalue weighted by Crippen LogP contribution is 2.37. The lowest BCUT2D eigenvalue weighted by Gasteiger charge is -2.26. The van der Waals surface area contributed by atoms with E-state index >= 15 is 0 Å². The highest BCUT2D eigenvalue weighted by atomic mass is 16.2. The van der Waals surface area contributed by atoms with Gasteiger partial charge >= 0.3 is 0 Å². The van der Waals surface area contributed by atoms with Crippen LogP contribution in [0.25, 0.3) is 10.8 Å². The fourth-order valence-corrected chi connectivity index (χ4v) is 2.72. The minimum absolute atomic E-state index is 0.0585. The molecule has 0 saturated carbocycles. The molecule has 0 aliphatic carbocycles. The smallest absolute Gasteiger partial charge is 0.258 e. The molecule has 3 heteroatoms. The fourth-order valence-electron chi connectivity index (χ4n) is 2.72. The maximum atomic E-state index is 12.6. The maximum absolute atomic E-state index is 12.6. The first-order valence-corrected chi connectivity index (χ1v) is 7.07. The van der Waals surface area contributed by atoms with Crippen molar-refractivity contribution in [2.75, 3.05) is 18.0 Å². The van der Waals surface area contributed by atoms with Gasteiger partial charge in [-0.05, 0) is 35.9 Å². The highest BCUT2D eigenvalue weighted by Gasteiger charge is 2.30. The second-order valence-electron chi connectivity index (χ2n) is 6.26. The van der Waals surface area contributed by atoms with E-state index in [1.807, 2.05) is 29.2 Å². The Morgan fingerprint density at radius 1 is 1.15 bits per heavy atom. The summed E-state index contributed by atoms with van der Waals surface area (Å²) in [5.41, 5.74) is 7.70. The lowest BCUT2D eigenvalue weighted by Crippen LogP contribution is -2.33. The number of rotatable bonds is 4. The standard InChI is InChI=1S/C17H20N2O/c1-17(2,11-18)9-10-19-14-8-4-6-12-5-3-7-13(15(12)14)16(19)20/h3-8H,9-11,18H2,1-2H3. The van der Waals surface area contributed by atoms with Crippen molar-refractivity contribution < 1.29 is 4.79 Å². The summed E-state index contributed by atoms with van der Waals surface area (Å²) in [5.74, 6) is 0.115. The SMILES string of the molecule is CC(C)(CN)CCN1C(=O)c2cccc3cccc1c23. The van der Waals surface area contributed by atoms with E-state index in [1.165, 1.54) is 0 Å². The number of amides is 1. The van der Waals surface area contributed by atoms with Crippen LogP contribution < -0.4 is 10.6 Å². The van der Waals surface area contributed by atoms with Gasteiger partial charge in [-0.1, -0.05) is 38.1 Å². The van der Waals surface area contributed by atoms with Crippen LogP contribution in [-0.2, 0) is 0 Å². The third-order valence-corrected chi connectivity index (χ3v) is 4.21. The molecule has 0 saturated heterocycles. The molecule has 0 unspecified atom stereocenters. The van der Waals surface area contributed by atoms with Gasteiger partial charge in [0.1, 0.15) is 0 Å². The number of benzene rings is 2. The first kappa shape index (κ1) is 13.1. The lowest BCUT2D eigenvalue weighted by molar-refractivity contribution is 0.0990. The van der Waals surface area contributed by atoms with Crippen LogP contribution in [0.1, 0.15) is 30.6 Å². The molecule has 2 aromatic carbocycles. The Kier molecular flexibility index (Phi) is 3.02. The zero-order chi connectivity index (χ0) is 14.3. The molecule has 104 valence electrons. The molecule has 0 bridgehead atoms. The summed E-state index contributed by atoms with van der Waals surface area (Å²) in [5, 5.41) is 2.22. The van der Waals surface area contributed by atoms with Crippen LogP contribution in [0.4, 0.5) is 5.69 Å². The van der Waals surface area contributed by atoms with Gasteiger partial charge in [0.15, 0.2) is 0 Å². The average Bonchev–Trinajstić information content (AvgIpc) is 2.73. The summed E-state index contributed by atoms with van der Waals surface area (Å²) in [7, 11) is 0. The van der Waals surface area contributed by atoms with Gasteiger partial charge in [-0.3, -0.25) is 4.79 Å². The number of anilines is 1. The van der Waals surface area contributed by atoms with Crippen molar-refractivity contribution in [2.24, 2.45) is 11.1 Å². The van der Waals surface area contributed by atoms with E-state index < -0.39 is 0 Å². The summed E-state index contributed by atoms with van der Waals surface area (Å²) in [6.07, 6.45) is 0.902. The van der Waals surface area contributed by atoms with Crippen LogP contribution in [0.3, 0.4) is 0 Å². The number of hydrogen-bond acceptors (Lipinski definition) is 2. The summed E-state index contributed by atoms with van der Waals surface area (Å²) < 4.78 is 0. The van der Waals surface area contributed by atoms with Gasteiger partial charge in [0.2, 0.25) is 0 Å². The molecule has 0 atom stereocenters. The molecule has 1 aliphatic heterocycles. The van der Waals surface area contributed by atoms with Gasteiger partial charge in [-0.2, -0.15) is 0 Å². The molecule has 3 nitrogen and oxygen atoms in total. The first-order chi connectivity index (χ1) is 9.53. The van der Waals surface area contributed by atoms with Crippen molar-refractivity contribution in [2.45, 2.75) is 20.3 Å². The van der Waals surface area contributed by atoms with Crippen LogP contribution in [0.2, 0.25) is 0 Å². The Bertz CT molecular complexity index is 670. The van der Waals surface area contributed by atoms with Crippen LogP contribution in [0, 0.1) is 5.41 Å². The van der Waals surface area contributed by atoms with Crippen LogP contribution in [0.15, 0.2) is 36.4 Å². The molecule has 2 N–H and O–H groups in total. The van der Waals surface area contributed by atoms with Gasteiger partial charge in [-0.25, -0.2) is 0 Å². The predicted octanol–water partition coefficient (Wildman–Crippen LogP) is 3.18. The van der Waals surface area contributed by atoms with Crippen LogP contribution in [0.5, 0.6) is 0 Å². The summed E-state index contributed by atoms with van der Waals surface area (Å²) in [4.78, 5) is 14.5. The molecular weight excluding hydrogens is 248 g/mol. The fraction of sp³-hybridized carbons (Fsp3) is 0.353. The van der Waals surface area contributed by atoms with Crippen LogP contribution in [-0.4, -0.2) is 19.0 Å². The van der Waals surface area contributed by atoms with E-state index in [1.54, 1.807) is 0 Å². The van der Waals surface area contributed by atoms with Gasteiger partial charge in [0.05, 0.1) is 5.69 Å². The molecular formula is C17H20N2O. The van der Waals surface area contributed by atoms with Crippen LogP contribution >= 0.6 is 0 Å². The molecule has 20 heavy (non-hydrogen) atoms. The lowest BCUT2D eigenvalue weighted by atomic mass is 9.89. The Morgan fingerprint density at radius 3 is 2.55 bits per heavy atom. The Hall–Kier alpha value is -1.87. The Balaban J connectivity index is 1.97. The molecule has 3 rings (SSSR count).